The van der Waals surface area contributed by atoms with E-state index in [9.17, 15) is 29.1 Å². The minimum atomic E-state index is -1.25. The lowest BCUT2D eigenvalue weighted by molar-refractivity contribution is -0.143. The first kappa shape index (κ1) is 31.6. The molecule has 200 valence electrons. The summed E-state index contributed by atoms with van der Waals surface area (Å²) in [6.07, 6.45) is -0.0449. The molecule has 4 atom stereocenters. The van der Waals surface area contributed by atoms with Crippen molar-refractivity contribution in [2.24, 2.45) is 34.0 Å². The molecule has 0 heterocycles. The van der Waals surface area contributed by atoms with Crippen LogP contribution in [0.1, 0.15) is 53.4 Å². The Labute approximate surface area is 204 Å². The van der Waals surface area contributed by atoms with Crippen LogP contribution in [0.3, 0.4) is 0 Å². The standard InChI is InChI=1S/C21H39N7O7/c1-10(2)15(18(32)26-13(20(34)35)6-5-9-25-21(23)24)28-19(33)16(11(3)4)27-17(31)12(22)7-8-14(29)30/h10-13,15-16H,5-9,22H2,1-4H3,(H,26,32)(H,27,31)(H,28,33)(H,29,30)(H,34,35)(H4,23,24,25)/t12-,13-,15-,16-/m0/s1. The molecule has 0 bridgehead atoms. The Balaban J connectivity index is 5.28. The maximum atomic E-state index is 12.9. The van der Waals surface area contributed by atoms with Crippen molar-refractivity contribution in [3.63, 3.8) is 0 Å². The Kier molecular flexibility index (Phi) is 14.0. The quantitative estimate of drug-likeness (QED) is 0.0661. The van der Waals surface area contributed by atoms with Gasteiger partial charge in [-0.15, -0.1) is 0 Å². The third-order valence-electron chi connectivity index (χ3n) is 5.06. The maximum Gasteiger partial charge on any atom is 0.326 e. The van der Waals surface area contributed by atoms with E-state index in [1.165, 1.54) is 0 Å². The molecule has 0 saturated heterocycles. The van der Waals surface area contributed by atoms with Gasteiger partial charge in [-0.2, -0.15) is 0 Å². The average molecular weight is 502 g/mol. The molecule has 0 aromatic rings. The number of hydrogen-bond acceptors (Lipinski definition) is 7. The van der Waals surface area contributed by atoms with Crippen LogP contribution in [0.25, 0.3) is 0 Å². The van der Waals surface area contributed by atoms with E-state index < -0.39 is 59.7 Å². The largest absolute Gasteiger partial charge is 0.481 e. The van der Waals surface area contributed by atoms with Gasteiger partial charge in [0.2, 0.25) is 17.7 Å². The van der Waals surface area contributed by atoms with Crippen LogP contribution in [0.2, 0.25) is 0 Å². The molecule has 0 aliphatic rings. The van der Waals surface area contributed by atoms with Gasteiger partial charge in [-0.25, -0.2) is 4.79 Å². The number of carboxylic acids is 2. The van der Waals surface area contributed by atoms with E-state index >= 15 is 0 Å². The number of carbonyl (C=O) groups is 5. The van der Waals surface area contributed by atoms with Gasteiger partial charge in [0.05, 0.1) is 6.04 Å². The van der Waals surface area contributed by atoms with Gasteiger partial charge in [0.1, 0.15) is 18.1 Å². The molecule has 3 amide bonds. The van der Waals surface area contributed by atoms with Crippen LogP contribution in [0, 0.1) is 11.8 Å². The van der Waals surface area contributed by atoms with Gasteiger partial charge in [0.15, 0.2) is 5.96 Å². The van der Waals surface area contributed by atoms with E-state index in [1.54, 1.807) is 27.7 Å². The summed E-state index contributed by atoms with van der Waals surface area (Å²) in [7, 11) is 0. The highest BCUT2D eigenvalue weighted by Crippen LogP contribution is 2.09. The fraction of sp³-hybridized carbons (Fsp3) is 0.714. The van der Waals surface area contributed by atoms with Crippen molar-refractivity contribution in [1.29, 1.82) is 0 Å². The smallest absolute Gasteiger partial charge is 0.326 e. The van der Waals surface area contributed by atoms with Crippen LogP contribution < -0.4 is 33.2 Å². The normalized spacial score (nSPS) is 14.4. The van der Waals surface area contributed by atoms with Crippen molar-refractivity contribution < 1.29 is 34.2 Å². The Morgan fingerprint density at radius 1 is 0.800 bits per heavy atom. The van der Waals surface area contributed by atoms with Crippen LogP contribution in [-0.4, -0.2) is 76.5 Å². The van der Waals surface area contributed by atoms with Gasteiger partial charge in [-0.3, -0.25) is 24.2 Å². The molecule has 35 heavy (non-hydrogen) atoms. The summed E-state index contributed by atoms with van der Waals surface area (Å²) >= 11 is 0. The monoisotopic (exact) mass is 501 g/mol. The molecule has 0 fully saturated rings. The molecule has 11 N–H and O–H groups in total. The molecule has 0 aliphatic carbocycles. The molecule has 0 aromatic carbocycles. The Morgan fingerprint density at radius 2 is 1.29 bits per heavy atom. The number of nitrogens with one attached hydrogen (secondary N) is 3. The van der Waals surface area contributed by atoms with E-state index in [1.807, 2.05) is 0 Å². The number of nitrogens with zero attached hydrogens (tertiary/aromatic N) is 1. The maximum absolute atomic E-state index is 12.9. The Morgan fingerprint density at radius 3 is 1.71 bits per heavy atom. The first-order chi connectivity index (χ1) is 16.2. The van der Waals surface area contributed by atoms with E-state index in [2.05, 4.69) is 20.9 Å². The third kappa shape index (κ3) is 12.6. The molecule has 0 radical (unpaired) electrons. The highest BCUT2D eigenvalue weighted by atomic mass is 16.4. The van der Waals surface area contributed by atoms with Gasteiger partial charge < -0.3 is 43.4 Å². The van der Waals surface area contributed by atoms with Crippen LogP contribution >= 0.6 is 0 Å². The number of carboxylic acid groups (broad SMARTS) is 2. The van der Waals surface area contributed by atoms with Gasteiger partial charge >= 0.3 is 11.9 Å². The lowest BCUT2D eigenvalue weighted by Gasteiger charge is -2.28. The molecule has 0 aromatic heterocycles. The van der Waals surface area contributed by atoms with E-state index in [0.29, 0.717) is 6.42 Å². The highest BCUT2D eigenvalue weighted by Gasteiger charge is 2.33. The zero-order chi connectivity index (χ0) is 27.3. The molecule has 14 heteroatoms. The fourth-order valence-electron chi connectivity index (χ4n) is 3.01. The lowest BCUT2D eigenvalue weighted by atomic mass is 9.98. The van der Waals surface area contributed by atoms with E-state index in [4.69, 9.17) is 22.3 Å². The average Bonchev–Trinajstić information content (AvgIpc) is 2.74. The zero-order valence-electron chi connectivity index (χ0n) is 20.6. The van der Waals surface area contributed by atoms with E-state index in [-0.39, 0.29) is 37.7 Å². The minimum absolute atomic E-state index is 0.0650. The number of rotatable bonds is 16. The summed E-state index contributed by atoms with van der Waals surface area (Å²) in [5.74, 6) is -5.33. The number of aliphatic carboxylic acids is 2. The van der Waals surface area contributed by atoms with Gasteiger partial charge in [-0.1, -0.05) is 27.7 Å². The molecular weight excluding hydrogens is 462 g/mol. The van der Waals surface area contributed by atoms with Crippen molar-refractivity contribution in [3.8, 4) is 0 Å². The van der Waals surface area contributed by atoms with Crippen LogP contribution in [-0.2, 0) is 24.0 Å². The third-order valence-corrected chi connectivity index (χ3v) is 5.06. The van der Waals surface area contributed by atoms with Crippen LogP contribution in [0.15, 0.2) is 4.99 Å². The summed E-state index contributed by atoms with van der Waals surface area (Å²) < 4.78 is 0. The number of amides is 3. The highest BCUT2D eigenvalue weighted by molar-refractivity contribution is 5.94. The topological polar surface area (TPSA) is 252 Å². The van der Waals surface area contributed by atoms with Crippen LogP contribution in [0.5, 0.6) is 0 Å². The van der Waals surface area contributed by atoms with Crippen molar-refractivity contribution in [1.82, 2.24) is 16.0 Å². The predicted molar refractivity (Wildman–Crippen MR) is 128 cm³/mol. The number of guanidine groups is 1. The zero-order valence-corrected chi connectivity index (χ0v) is 20.6. The Hall–Kier alpha value is -3.42. The van der Waals surface area contributed by atoms with Crippen molar-refractivity contribution in [2.45, 2.75) is 77.5 Å². The number of aliphatic imine (C=N–C) groups is 1. The second kappa shape index (κ2) is 15.5. The van der Waals surface area contributed by atoms with Crippen LogP contribution in [0.4, 0.5) is 0 Å². The summed E-state index contributed by atoms with van der Waals surface area (Å²) in [6.45, 7) is 6.88. The SMILES string of the molecule is CC(C)[C@H](NC(=O)[C@@H](NC(=O)[C@@H](N)CCC(=O)O)C(C)C)C(=O)N[C@@H](CCCN=C(N)N)C(=O)O. The van der Waals surface area contributed by atoms with Gasteiger partial charge in [0, 0.05) is 13.0 Å². The van der Waals surface area contributed by atoms with Crippen molar-refractivity contribution >= 4 is 35.6 Å². The summed E-state index contributed by atoms with van der Waals surface area (Å²) in [5.41, 5.74) is 16.2. The predicted octanol–water partition coefficient (Wildman–Crippen LogP) is -1.92. The molecular formula is C21H39N7O7. The number of nitrogens with two attached hydrogens (primary N) is 3. The van der Waals surface area contributed by atoms with Gasteiger partial charge in [0.25, 0.3) is 0 Å². The summed E-state index contributed by atoms with van der Waals surface area (Å²) in [6, 6.07) is -4.48. The van der Waals surface area contributed by atoms with Crippen molar-refractivity contribution in [2.75, 3.05) is 6.54 Å². The first-order valence-corrected chi connectivity index (χ1v) is 11.3. The lowest BCUT2D eigenvalue weighted by Crippen LogP contribution is -2.59. The van der Waals surface area contributed by atoms with E-state index in [0.717, 1.165) is 0 Å². The summed E-state index contributed by atoms with van der Waals surface area (Å²) in [4.78, 5) is 64.1. The fourth-order valence-corrected chi connectivity index (χ4v) is 3.01. The number of carbonyl (C=O) groups excluding carboxylic acids is 3. The summed E-state index contributed by atoms with van der Waals surface area (Å²) in [5, 5.41) is 25.7. The first-order valence-electron chi connectivity index (χ1n) is 11.3. The Bertz CT molecular complexity index is 782. The second-order valence-electron chi connectivity index (χ2n) is 8.85. The van der Waals surface area contributed by atoms with Crippen molar-refractivity contribution in [3.05, 3.63) is 0 Å². The van der Waals surface area contributed by atoms with Gasteiger partial charge in [-0.05, 0) is 31.1 Å². The molecule has 0 aliphatic heterocycles. The molecule has 0 unspecified atom stereocenters. The molecule has 14 nitrogen and oxygen atoms in total. The minimum Gasteiger partial charge on any atom is -0.481 e. The molecule has 0 rings (SSSR count). The number of hydrogen-bond donors (Lipinski definition) is 8. The molecule has 0 spiro atoms. The molecule has 0 saturated carbocycles. The second-order valence-corrected chi connectivity index (χ2v) is 8.85.